The van der Waals surface area contributed by atoms with E-state index in [1.165, 1.54) is 0 Å². The average Bonchev–Trinajstić information content (AvgIpc) is 2.54. The predicted molar refractivity (Wildman–Crippen MR) is 91.0 cm³/mol. The highest BCUT2D eigenvalue weighted by atomic mass is 79.9. The van der Waals surface area contributed by atoms with Crippen LogP contribution in [-0.2, 0) is 4.79 Å². The second-order valence-corrected chi connectivity index (χ2v) is 6.33. The van der Waals surface area contributed by atoms with Crippen molar-refractivity contribution in [2.45, 2.75) is 6.92 Å². The van der Waals surface area contributed by atoms with Gasteiger partial charge in [-0.3, -0.25) is 14.6 Å². The number of carbonyl (C=O) groups is 2. The van der Waals surface area contributed by atoms with Gasteiger partial charge in [0.1, 0.15) is 0 Å². The lowest BCUT2D eigenvalue weighted by atomic mass is 10.1. The molecule has 1 aromatic heterocycles. The van der Waals surface area contributed by atoms with E-state index in [1.54, 1.807) is 11.0 Å². The van der Waals surface area contributed by atoms with E-state index in [2.05, 4.69) is 26.2 Å². The van der Waals surface area contributed by atoms with Gasteiger partial charge in [-0.1, -0.05) is 28.1 Å². The molecule has 1 aliphatic rings. The average molecular weight is 374 g/mol. The number of hydrogen-bond donors (Lipinski definition) is 1. The molecule has 1 aliphatic heterocycles. The molecule has 3 rings (SSSR count). The Morgan fingerprint density at radius 3 is 2.83 bits per heavy atom. The van der Waals surface area contributed by atoms with Crippen molar-refractivity contribution in [2.24, 2.45) is 0 Å². The summed E-state index contributed by atoms with van der Waals surface area (Å²) in [6, 6.07) is 11.5. The molecule has 0 atom stereocenters. The van der Waals surface area contributed by atoms with Crippen LogP contribution in [0, 0.1) is 6.92 Å². The number of aromatic nitrogens is 1. The highest BCUT2D eigenvalue weighted by Crippen LogP contribution is 2.23. The first kappa shape index (κ1) is 15.7. The van der Waals surface area contributed by atoms with E-state index in [1.807, 2.05) is 37.3 Å². The van der Waals surface area contributed by atoms with Crippen molar-refractivity contribution in [1.29, 1.82) is 0 Å². The number of aryl methyl sites for hydroxylation is 1. The molecule has 6 heteroatoms. The van der Waals surface area contributed by atoms with Crippen LogP contribution in [0.3, 0.4) is 0 Å². The summed E-state index contributed by atoms with van der Waals surface area (Å²) < 4.78 is 0.980. The van der Waals surface area contributed by atoms with E-state index < -0.39 is 0 Å². The van der Waals surface area contributed by atoms with Crippen LogP contribution in [-0.4, -0.2) is 41.3 Å². The Morgan fingerprint density at radius 2 is 2.13 bits per heavy atom. The monoisotopic (exact) mass is 373 g/mol. The summed E-state index contributed by atoms with van der Waals surface area (Å²) in [5.74, 6) is -0.272. The molecule has 2 amide bonds. The van der Waals surface area contributed by atoms with Gasteiger partial charge in [-0.2, -0.15) is 0 Å². The van der Waals surface area contributed by atoms with E-state index >= 15 is 0 Å². The Hall–Kier alpha value is -2.21. The SMILES string of the molecule is Cc1nc(-c2cccc(Br)c2)ccc1C(=O)N1CCNC(=O)C1. The molecule has 1 fully saturated rings. The molecule has 1 saturated heterocycles. The third-order valence-corrected chi connectivity index (χ3v) is 4.26. The van der Waals surface area contributed by atoms with Gasteiger partial charge in [0.25, 0.3) is 5.91 Å². The summed E-state index contributed by atoms with van der Waals surface area (Å²) >= 11 is 3.45. The molecule has 5 nitrogen and oxygen atoms in total. The lowest BCUT2D eigenvalue weighted by Crippen LogP contribution is -2.50. The van der Waals surface area contributed by atoms with Crippen LogP contribution in [0.15, 0.2) is 40.9 Å². The van der Waals surface area contributed by atoms with Gasteiger partial charge in [0.15, 0.2) is 0 Å². The Balaban J connectivity index is 1.87. The van der Waals surface area contributed by atoms with Gasteiger partial charge < -0.3 is 10.2 Å². The number of pyridine rings is 1. The molecule has 0 saturated carbocycles. The van der Waals surface area contributed by atoms with Crippen LogP contribution in [0.4, 0.5) is 0 Å². The lowest BCUT2D eigenvalue weighted by molar-refractivity contribution is -0.123. The molecule has 0 aliphatic carbocycles. The minimum atomic E-state index is -0.148. The molecule has 1 aromatic carbocycles. The first-order valence-corrected chi connectivity index (χ1v) is 8.13. The number of nitrogens with zero attached hydrogens (tertiary/aromatic N) is 2. The maximum atomic E-state index is 12.6. The fourth-order valence-corrected chi connectivity index (χ4v) is 2.98. The summed E-state index contributed by atoms with van der Waals surface area (Å²) in [5.41, 5.74) is 3.01. The van der Waals surface area contributed by atoms with Crippen LogP contribution < -0.4 is 5.32 Å². The number of amides is 2. The predicted octanol–water partition coefficient (Wildman–Crippen LogP) is 2.39. The van der Waals surface area contributed by atoms with E-state index in [4.69, 9.17) is 0 Å². The highest BCUT2D eigenvalue weighted by Gasteiger charge is 2.23. The maximum absolute atomic E-state index is 12.6. The van der Waals surface area contributed by atoms with Gasteiger partial charge in [-0.05, 0) is 31.2 Å². The summed E-state index contributed by atoms with van der Waals surface area (Å²) in [6.45, 7) is 2.94. The van der Waals surface area contributed by atoms with Gasteiger partial charge in [-0.15, -0.1) is 0 Å². The number of nitrogens with one attached hydrogen (secondary N) is 1. The molecule has 0 bridgehead atoms. The molecule has 0 radical (unpaired) electrons. The van der Waals surface area contributed by atoms with E-state index in [0.29, 0.717) is 24.3 Å². The van der Waals surface area contributed by atoms with Crippen molar-refractivity contribution in [3.8, 4) is 11.3 Å². The summed E-state index contributed by atoms with van der Waals surface area (Å²) in [4.78, 5) is 30.1. The van der Waals surface area contributed by atoms with Crippen LogP contribution in [0.2, 0.25) is 0 Å². The molecule has 2 aromatic rings. The minimum Gasteiger partial charge on any atom is -0.353 e. The van der Waals surface area contributed by atoms with Gasteiger partial charge in [0, 0.05) is 23.1 Å². The van der Waals surface area contributed by atoms with Crippen LogP contribution >= 0.6 is 15.9 Å². The first-order valence-electron chi connectivity index (χ1n) is 7.34. The van der Waals surface area contributed by atoms with Crippen LogP contribution in [0.5, 0.6) is 0 Å². The second-order valence-electron chi connectivity index (χ2n) is 5.42. The fourth-order valence-electron chi connectivity index (χ4n) is 2.58. The van der Waals surface area contributed by atoms with E-state index in [9.17, 15) is 9.59 Å². The zero-order valence-corrected chi connectivity index (χ0v) is 14.3. The number of hydrogen-bond acceptors (Lipinski definition) is 3. The Labute approximate surface area is 142 Å². The molecular weight excluding hydrogens is 358 g/mol. The fraction of sp³-hybridized carbons (Fsp3) is 0.235. The Kier molecular flexibility index (Phi) is 4.43. The maximum Gasteiger partial charge on any atom is 0.256 e. The standard InChI is InChI=1S/C17H16BrN3O2/c1-11-14(17(23)21-8-7-19-16(22)10-21)5-6-15(20-11)12-3-2-4-13(18)9-12/h2-6,9H,7-8,10H2,1H3,(H,19,22). The second kappa shape index (κ2) is 6.50. The number of halogens is 1. The Bertz CT molecular complexity index is 776. The molecule has 0 unspecified atom stereocenters. The normalized spacial score (nSPS) is 14.5. The van der Waals surface area contributed by atoms with Gasteiger partial charge in [0.2, 0.25) is 5.91 Å². The van der Waals surface area contributed by atoms with Gasteiger partial charge >= 0.3 is 0 Å². The quantitative estimate of drug-likeness (QED) is 0.878. The zero-order chi connectivity index (χ0) is 16.4. The van der Waals surface area contributed by atoms with E-state index in [0.717, 1.165) is 15.7 Å². The lowest BCUT2D eigenvalue weighted by Gasteiger charge is -2.27. The van der Waals surface area contributed by atoms with Crippen molar-refractivity contribution < 1.29 is 9.59 Å². The van der Waals surface area contributed by atoms with E-state index in [-0.39, 0.29) is 18.4 Å². The molecule has 2 heterocycles. The zero-order valence-electron chi connectivity index (χ0n) is 12.7. The summed E-state index contributed by atoms with van der Waals surface area (Å²) in [7, 11) is 0. The number of piperazine rings is 1. The summed E-state index contributed by atoms with van der Waals surface area (Å²) in [5, 5.41) is 2.72. The molecular formula is C17H16BrN3O2. The van der Waals surface area contributed by atoms with Crippen molar-refractivity contribution in [3.63, 3.8) is 0 Å². The Morgan fingerprint density at radius 1 is 1.30 bits per heavy atom. The van der Waals surface area contributed by atoms with Crippen molar-refractivity contribution in [1.82, 2.24) is 15.2 Å². The number of benzene rings is 1. The first-order chi connectivity index (χ1) is 11.0. The van der Waals surface area contributed by atoms with Crippen molar-refractivity contribution >= 4 is 27.7 Å². The third kappa shape index (κ3) is 3.42. The van der Waals surface area contributed by atoms with Crippen molar-refractivity contribution in [3.05, 3.63) is 52.1 Å². The molecule has 0 spiro atoms. The third-order valence-electron chi connectivity index (χ3n) is 3.76. The van der Waals surface area contributed by atoms with Gasteiger partial charge in [0.05, 0.1) is 23.5 Å². The van der Waals surface area contributed by atoms with Crippen molar-refractivity contribution in [2.75, 3.05) is 19.6 Å². The minimum absolute atomic E-state index is 0.103. The number of carbonyl (C=O) groups excluding carboxylic acids is 2. The largest absolute Gasteiger partial charge is 0.353 e. The molecule has 23 heavy (non-hydrogen) atoms. The van der Waals surface area contributed by atoms with Crippen LogP contribution in [0.1, 0.15) is 16.1 Å². The molecule has 1 N–H and O–H groups in total. The van der Waals surface area contributed by atoms with Crippen LogP contribution in [0.25, 0.3) is 11.3 Å². The smallest absolute Gasteiger partial charge is 0.256 e. The summed E-state index contributed by atoms with van der Waals surface area (Å²) in [6.07, 6.45) is 0. The topological polar surface area (TPSA) is 62.3 Å². The number of rotatable bonds is 2. The molecule has 118 valence electrons. The van der Waals surface area contributed by atoms with Gasteiger partial charge in [-0.25, -0.2) is 0 Å². The highest BCUT2D eigenvalue weighted by molar-refractivity contribution is 9.10.